The van der Waals surface area contributed by atoms with Crippen LogP contribution in [-0.4, -0.2) is 71.3 Å². The van der Waals surface area contributed by atoms with Crippen molar-refractivity contribution in [2.24, 2.45) is 5.92 Å². The molecule has 2 fully saturated rings. The normalized spacial score (nSPS) is 20.3. The van der Waals surface area contributed by atoms with Crippen LogP contribution in [0.25, 0.3) is 0 Å². The molecule has 4 rings (SSSR count). The minimum absolute atomic E-state index is 0.105. The Morgan fingerprint density at radius 2 is 1.73 bits per heavy atom. The molecule has 2 atom stereocenters. The second-order valence-corrected chi connectivity index (χ2v) is 10.2. The first-order chi connectivity index (χ1) is 15.9. The van der Waals surface area contributed by atoms with Gasteiger partial charge in [0.05, 0.1) is 24.7 Å². The average Bonchev–Trinajstić information content (AvgIpc) is 3.36. The number of nitrogens with one attached hydrogen (secondary N) is 2. The Labute approximate surface area is 195 Å². The molecular weight excluding hydrogens is 442 g/mol. The number of aryl methyl sites for hydroxylation is 1. The number of anilines is 1. The molecule has 1 amide bonds. The summed E-state index contributed by atoms with van der Waals surface area (Å²) in [5, 5.41) is 3.03. The fraction of sp³-hybridized carbons (Fsp3) is 0.458. The maximum Gasteiger partial charge on any atom is 0.261 e. The molecule has 2 aromatic carbocycles. The number of carbonyl (C=O) groups is 1. The van der Waals surface area contributed by atoms with E-state index in [0.717, 1.165) is 31.7 Å². The Bertz CT molecular complexity index is 1030. The Balaban J connectivity index is 1.38. The lowest BCUT2D eigenvalue weighted by atomic mass is 9.96. The van der Waals surface area contributed by atoms with Crippen LogP contribution in [0.3, 0.4) is 0 Å². The maximum absolute atomic E-state index is 12.8. The fourth-order valence-corrected chi connectivity index (χ4v) is 5.34. The summed E-state index contributed by atoms with van der Waals surface area (Å²) in [5.41, 5.74) is 1.96. The van der Waals surface area contributed by atoms with Crippen molar-refractivity contribution in [2.45, 2.75) is 24.3 Å². The van der Waals surface area contributed by atoms with Gasteiger partial charge in [-0.05, 0) is 49.7 Å². The third-order valence-corrected chi connectivity index (χ3v) is 7.62. The van der Waals surface area contributed by atoms with Gasteiger partial charge >= 0.3 is 0 Å². The SMILES string of the molecule is Cc1ccc(NS(=O)(=O)c2ccc(C(=O)NCC(C3CCOC3)N3CCOCC3)cc2)cc1. The topological polar surface area (TPSA) is 97.0 Å². The molecule has 33 heavy (non-hydrogen) atoms. The van der Waals surface area contributed by atoms with Gasteiger partial charge in [0.25, 0.3) is 15.9 Å². The average molecular weight is 474 g/mol. The highest BCUT2D eigenvalue weighted by atomic mass is 32.2. The number of sulfonamides is 1. The number of ether oxygens (including phenoxy) is 2. The van der Waals surface area contributed by atoms with E-state index in [4.69, 9.17) is 9.47 Å². The van der Waals surface area contributed by atoms with E-state index < -0.39 is 10.0 Å². The predicted octanol–water partition coefficient (Wildman–Crippen LogP) is 2.26. The van der Waals surface area contributed by atoms with E-state index in [0.29, 0.717) is 43.5 Å². The zero-order valence-corrected chi connectivity index (χ0v) is 19.6. The van der Waals surface area contributed by atoms with E-state index in [1.165, 1.54) is 12.1 Å². The van der Waals surface area contributed by atoms with Gasteiger partial charge in [0.2, 0.25) is 0 Å². The van der Waals surface area contributed by atoms with Crippen LogP contribution in [0.15, 0.2) is 53.4 Å². The van der Waals surface area contributed by atoms with Crippen molar-refractivity contribution >= 4 is 21.6 Å². The van der Waals surface area contributed by atoms with E-state index in [9.17, 15) is 13.2 Å². The molecule has 8 nitrogen and oxygen atoms in total. The molecule has 0 radical (unpaired) electrons. The summed E-state index contributed by atoms with van der Waals surface area (Å²) in [4.78, 5) is 15.3. The van der Waals surface area contributed by atoms with Crippen molar-refractivity contribution in [1.82, 2.24) is 10.2 Å². The minimum atomic E-state index is -3.73. The molecule has 2 unspecified atom stereocenters. The molecule has 2 aliphatic rings. The Kier molecular flexibility index (Phi) is 7.64. The number of hydrogen-bond acceptors (Lipinski definition) is 6. The third-order valence-electron chi connectivity index (χ3n) is 6.23. The van der Waals surface area contributed by atoms with Crippen LogP contribution in [0.2, 0.25) is 0 Å². The number of carbonyl (C=O) groups excluding carboxylic acids is 1. The highest BCUT2D eigenvalue weighted by Gasteiger charge is 2.31. The van der Waals surface area contributed by atoms with Crippen LogP contribution >= 0.6 is 0 Å². The first kappa shape index (κ1) is 23.7. The zero-order chi connectivity index (χ0) is 23.3. The van der Waals surface area contributed by atoms with Gasteiger partial charge in [0.15, 0.2) is 0 Å². The molecule has 2 aromatic rings. The predicted molar refractivity (Wildman–Crippen MR) is 126 cm³/mol. The second-order valence-electron chi connectivity index (χ2n) is 8.55. The van der Waals surface area contributed by atoms with Crippen molar-refractivity contribution in [3.63, 3.8) is 0 Å². The summed E-state index contributed by atoms with van der Waals surface area (Å²) in [7, 11) is -3.73. The smallest absolute Gasteiger partial charge is 0.261 e. The van der Waals surface area contributed by atoms with E-state index in [-0.39, 0.29) is 16.8 Å². The van der Waals surface area contributed by atoms with E-state index in [2.05, 4.69) is 14.9 Å². The van der Waals surface area contributed by atoms with Gasteiger partial charge in [0.1, 0.15) is 0 Å². The van der Waals surface area contributed by atoms with Crippen molar-refractivity contribution < 1.29 is 22.7 Å². The molecule has 0 aromatic heterocycles. The molecule has 2 heterocycles. The number of benzene rings is 2. The second kappa shape index (κ2) is 10.6. The summed E-state index contributed by atoms with van der Waals surface area (Å²) >= 11 is 0. The van der Waals surface area contributed by atoms with Crippen LogP contribution in [0.4, 0.5) is 5.69 Å². The van der Waals surface area contributed by atoms with Crippen LogP contribution in [0, 0.1) is 12.8 Å². The minimum Gasteiger partial charge on any atom is -0.381 e. The Morgan fingerprint density at radius 3 is 2.36 bits per heavy atom. The molecule has 9 heteroatoms. The molecule has 2 saturated heterocycles. The fourth-order valence-electron chi connectivity index (χ4n) is 4.28. The lowest BCUT2D eigenvalue weighted by molar-refractivity contribution is 0.00166. The number of rotatable bonds is 8. The molecule has 0 bridgehead atoms. The number of nitrogens with zero attached hydrogens (tertiary/aromatic N) is 1. The molecule has 0 aliphatic carbocycles. The molecule has 0 saturated carbocycles. The molecular formula is C24H31N3O5S. The largest absolute Gasteiger partial charge is 0.381 e. The monoisotopic (exact) mass is 473 g/mol. The Morgan fingerprint density at radius 1 is 1.03 bits per heavy atom. The van der Waals surface area contributed by atoms with Crippen LogP contribution in [0.5, 0.6) is 0 Å². The van der Waals surface area contributed by atoms with E-state index in [1.807, 2.05) is 19.1 Å². The lowest BCUT2D eigenvalue weighted by Crippen LogP contribution is -2.52. The van der Waals surface area contributed by atoms with E-state index >= 15 is 0 Å². The molecule has 178 valence electrons. The zero-order valence-electron chi connectivity index (χ0n) is 18.8. The lowest BCUT2D eigenvalue weighted by Gasteiger charge is -2.37. The van der Waals surface area contributed by atoms with Gasteiger partial charge < -0.3 is 14.8 Å². The highest BCUT2D eigenvalue weighted by molar-refractivity contribution is 7.92. The summed E-state index contributed by atoms with van der Waals surface area (Å²) in [5.74, 6) is 0.159. The number of amides is 1. The van der Waals surface area contributed by atoms with Crippen molar-refractivity contribution in [1.29, 1.82) is 0 Å². The number of morpholine rings is 1. The van der Waals surface area contributed by atoms with Gasteiger partial charge in [-0.25, -0.2) is 8.42 Å². The molecule has 2 N–H and O–H groups in total. The van der Waals surface area contributed by atoms with Crippen LogP contribution < -0.4 is 10.0 Å². The first-order valence-corrected chi connectivity index (χ1v) is 12.8. The van der Waals surface area contributed by atoms with Gasteiger partial charge in [-0.1, -0.05) is 17.7 Å². The third kappa shape index (κ3) is 6.11. The van der Waals surface area contributed by atoms with Crippen LogP contribution in [-0.2, 0) is 19.5 Å². The maximum atomic E-state index is 12.8. The first-order valence-electron chi connectivity index (χ1n) is 11.3. The van der Waals surface area contributed by atoms with E-state index in [1.54, 1.807) is 24.3 Å². The quantitative estimate of drug-likeness (QED) is 0.611. The number of hydrogen-bond donors (Lipinski definition) is 2. The van der Waals surface area contributed by atoms with Crippen molar-refractivity contribution in [3.8, 4) is 0 Å². The summed E-state index contributed by atoms with van der Waals surface area (Å²) in [6.45, 7) is 7.00. The van der Waals surface area contributed by atoms with Gasteiger partial charge in [-0.2, -0.15) is 0 Å². The van der Waals surface area contributed by atoms with Gasteiger partial charge in [-0.15, -0.1) is 0 Å². The van der Waals surface area contributed by atoms with Crippen molar-refractivity contribution in [3.05, 3.63) is 59.7 Å². The standard InChI is InChI=1S/C24H31N3O5S/c1-18-2-6-21(7-3-18)26-33(29,30)22-8-4-19(5-9-22)24(28)25-16-23(20-10-13-32-17-20)27-11-14-31-15-12-27/h2-9,20,23,26H,10-17H2,1H3,(H,25,28). The highest BCUT2D eigenvalue weighted by Crippen LogP contribution is 2.22. The summed E-state index contributed by atoms with van der Waals surface area (Å²) < 4.78 is 38.9. The van der Waals surface area contributed by atoms with Crippen LogP contribution in [0.1, 0.15) is 22.3 Å². The summed E-state index contributed by atoms with van der Waals surface area (Å²) in [6.07, 6.45) is 0.985. The summed E-state index contributed by atoms with van der Waals surface area (Å²) in [6, 6.07) is 13.3. The van der Waals surface area contributed by atoms with Gasteiger partial charge in [-0.3, -0.25) is 14.4 Å². The Hall–Kier alpha value is -2.46. The molecule has 0 spiro atoms. The molecule has 2 aliphatic heterocycles. The van der Waals surface area contributed by atoms with Crippen molar-refractivity contribution in [2.75, 3.05) is 50.8 Å². The van der Waals surface area contributed by atoms with Gasteiger partial charge in [0, 0.05) is 49.5 Å².